The summed E-state index contributed by atoms with van der Waals surface area (Å²) >= 11 is 1.27. The summed E-state index contributed by atoms with van der Waals surface area (Å²) in [7, 11) is 0. The third-order valence-electron chi connectivity index (χ3n) is 4.64. The van der Waals surface area contributed by atoms with Crippen LogP contribution in [0.25, 0.3) is 0 Å². The van der Waals surface area contributed by atoms with Crippen LogP contribution in [-0.4, -0.2) is 62.1 Å². The van der Waals surface area contributed by atoms with E-state index in [0.29, 0.717) is 5.57 Å². The van der Waals surface area contributed by atoms with Crippen LogP contribution in [0.2, 0.25) is 0 Å². The highest BCUT2D eigenvalue weighted by molar-refractivity contribution is 8.00. The van der Waals surface area contributed by atoms with Crippen LogP contribution in [0.5, 0.6) is 0 Å². The van der Waals surface area contributed by atoms with Gasteiger partial charge in [0.25, 0.3) is 11.5 Å². The smallest absolute Gasteiger partial charge is 0.352 e. The van der Waals surface area contributed by atoms with Crippen LogP contribution in [0.15, 0.2) is 40.5 Å². The molecule has 1 fully saturated rings. The van der Waals surface area contributed by atoms with Gasteiger partial charge in [0.15, 0.2) is 0 Å². The number of ether oxygens (including phenoxy) is 1. The Kier molecular flexibility index (Phi) is 5.78. The van der Waals surface area contributed by atoms with Crippen molar-refractivity contribution in [2.45, 2.75) is 31.3 Å². The number of β-lactam (4-membered cyclic amide) rings is 1. The second kappa shape index (κ2) is 8.11. The third kappa shape index (κ3) is 3.90. The molecule has 2 aliphatic heterocycles. The van der Waals surface area contributed by atoms with E-state index < -0.39 is 41.2 Å². The van der Waals surface area contributed by atoms with Gasteiger partial charge in [0.05, 0.1) is 0 Å². The second-order valence-electron chi connectivity index (χ2n) is 6.56. The van der Waals surface area contributed by atoms with Crippen molar-refractivity contribution in [1.82, 2.24) is 14.8 Å². The highest BCUT2D eigenvalue weighted by Crippen LogP contribution is 2.40. The van der Waals surface area contributed by atoms with Gasteiger partial charge in [0, 0.05) is 30.5 Å². The highest BCUT2D eigenvalue weighted by atomic mass is 32.2. The maximum Gasteiger partial charge on any atom is 0.352 e. The maximum absolute atomic E-state index is 12.6. The van der Waals surface area contributed by atoms with Crippen LogP contribution in [0.1, 0.15) is 19.9 Å². The van der Waals surface area contributed by atoms with Crippen molar-refractivity contribution in [3.8, 4) is 0 Å². The molecule has 11 heteroatoms. The Hall–Kier alpha value is -3.08. The van der Waals surface area contributed by atoms with Crippen molar-refractivity contribution in [2.75, 3.05) is 12.4 Å². The molecule has 0 radical (unpaired) electrons. The number of aromatic nitrogens is 1. The predicted molar refractivity (Wildman–Crippen MR) is 102 cm³/mol. The van der Waals surface area contributed by atoms with E-state index in [-0.39, 0.29) is 23.6 Å². The Labute approximate surface area is 169 Å². The van der Waals surface area contributed by atoms with Crippen LogP contribution in [0, 0.1) is 0 Å². The Morgan fingerprint density at radius 2 is 2.07 bits per heavy atom. The van der Waals surface area contributed by atoms with Gasteiger partial charge in [-0.3, -0.25) is 24.1 Å². The molecule has 0 aromatic carbocycles. The minimum Gasteiger partial charge on any atom is -0.477 e. The molecule has 0 bridgehead atoms. The molecule has 0 saturated carbocycles. The number of carboxylic acid groups (broad SMARTS) is 1. The monoisotopic (exact) mass is 421 g/mol. The lowest BCUT2D eigenvalue weighted by Crippen LogP contribution is -2.71. The fourth-order valence-corrected chi connectivity index (χ4v) is 4.47. The van der Waals surface area contributed by atoms with E-state index in [1.54, 1.807) is 12.1 Å². The van der Waals surface area contributed by atoms with Crippen molar-refractivity contribution >= 4 is 35.5 Å². The average Bonchev–Trinajstić information content (AvgIpc) is 2.68. The summed E-state index contributed by atoms with van der Waals surface area (Å²) in [4.78, 5) is 60.8. The van der Waals surface area contributed by atoms with Crippen molar-refractivity contribution in [3.05, 3.63) is 46.0 Å². The number of hydrogen-bond acceptors (Lipinski definition) is 7. The zero-order valence-corrected chi connectivity index (χ0v) is 16.5. The van der Waals surface area contributed by atoms with Gasteiger partial charge in [-0.15, -0.1) is 11.8 Å². The van der Waals surface area contributed by atoms with E-state index in [0.717, 1.165) is 4.90 Å². The number of nitrogens with one attached hydrogen (secondary N) is 1. The summed E-state index contributed by atoms with van der Waals surface area (Å²) in [5.74, 6) is -2.72. The molecular formula is C18H19N3O7S. The van der Waals surface area contributed by atoms with Gasteiger partial charge < -0.3 is 19.7 Å². The molecule has 10 nitrogen and oxygen atoms in total. The van der Waals surface area contributed by atoms with E-state index in [1.165, 1.54) is 42.4 Å². The molecule has 1 aromatic heterocycles. The molecule has 154 valence electrons. The number of carboxylic acids is 1. The molecule has 3 heterocycles. The van der Waals surface area contributed by atoms with Crippen LogP contribution < -0.4 is 10.9 Å². The summed E-state index contributed by atoms with van der Waals surface area (Å²) in [6, 6.07) is 2.76. The minimum absolute atomic E-state index is 0.217. The van der Waals surface area contributed by atoms with Crippen LogP contribution in [0.3, 0.4) is 0 Å². The summed E-state index contributed by atoms with van der Waals surface area (Å²) < 4.78 is 6.11. The molecule has 3 rings (SSSR count). The van der Waals surface area contributed by atoms with E-state index in [4.69, 9.17) is 4.74 Å². The molecule has 2 amide bonds. The van der Waals surface area contributed by atoms with E-state index in [2.05, 4.69) is 5.32 Å². The van der Waals surface area contributed by atoms with Crippen LogP contribution in [0.4, 0.5) is 0 Å². The van der Waals surface area contributed by atoms with Gasteiger partial charge in [0.2, 0.25) is 5.91 Å². The molecule has 3 atom stereocenters. The summed E-state index contributed by atoms with van der Waals surface area (Å²) in [6.45, 7) is 2.52. The minimum atomic E-state index is -1.31. The van der Waals surface area contributed by atoms with Gasteiger partial charge in [0.1, 0.15) is 29.8 Å². The zero-order chi connectivity index (χ0) is 21.3. The molecule has 0 aliphatic carbocycles. The van der Waals surface area contributed by atoms with Crippen LogP contribution in [-0.2, 0) is 23.9 Å². The molecule has 2 N–H and O–H groups in total. The number of carbonyl (C=O) groups excluding carboxylic acids is 3. The Morgan fingerprint density at radius 1 is 1.34 bits per heavy atom. The second-order valence-corrected chi connectivity index (χ2v) is 7.66. The number of nitrogens with zero attached hydrogens (tertiary/aromatic N) is 2. The van der Waals surface area contributed by atoms with Gasteiger partial charge in [-0.05, 0) is 13.0 Å². The fourth-order valence-electron chi connectivity index (χ4n) is 3.14. The standard InChI is InChI=1S/C18H19N3O7S/c1-9(20-6-4-3-5-12(20)23)15(24)19-13-16(25)21-14(18(26)27)11(7-28-10(2)22)8-29-17(13)21/h3-6,9,13,17H,7-8H2,1-2H3,(H,19,24)(H,26,27)/t9?,13-,17-/m1/s1. The maximum atomic E-state index is 12.6. The van der Waals surface area contributed by atoms with Crippen molar-refractivity contribution in [1.29, 1.82) is 0 Å². The summed E-state index contributed by atoms with van der Waals surface area (Å²) in [6.07, 6.45) is 1.48. The topological polar surface area (TPSA) is 135 Å². The number of amides is 2. The van der Waals surface area contributed by atoms with Crippen molar-refractivity contribution < 1.29 is 29.0 Å². The Balaban J connectivity index is 1.74. The summed E-state index contributed by atoms with van der Waals surface area (Å²) in [5.41, 5.74) is -0.260. The molecule has 1 aromatic rings. The first kappa shape index (κ1) is 20.6. The molecule has 2 aliphatic rings. The SMILES string of the molecule is CC(=O)OCC1=C(C(=O)O)N2C(=O)[C@@H](NC(=O)C(C)n3ccccc3=O)[C@H]2SC1. The number of rotatable bonds is 6. The number of pyridine rings is 1. The van der Waals surface area contributed by atoms with E-state index >= 15 is 0 Å². The first-order chi connectivity index (χ1) is 13.7. The Bertz CT molecular complexity index is 970. The number of aliphatic carboxylic acids is 1. The largest absolute Gasteiger partial charge is 0.477 e. The normalized spacial score (nSPS) is 21.7. The average molecular weight is 421 g/mol. The van der Waals surface area contributed by atoms with Crippen LogP contribution >= 0.6 is 11.8 Å². The van der Waals surface area contributed by atoms with E-state index in [1.807, 2.05) is 0 Å². The third-order valence-corrected chi connectivity index (χ3v) is 5.98. The number of fused-ring (bicyclic) bond motifs is 1. The lowest BCUT2D eigenvalue weighted by Gasteiger charge is -2.49. The van der Waals surface area contributed by atoms with Gasteiger partial charge >= 0.3 is 11.9 Å². The number of thioether (sulfide) groups is 1. The van der Waals surface area contributed by atoms with Crippen molar-refractivity contribution in [3.63, 3.8) is 0 Å². The van der Waals surface area contributed by atoms with Gasteiger partial charge in [-0.2, -0.15) is 0 Å². The molecular weight excluding hydrogens is 402 g/mol. The predicted octanol–water partition coefficient (Wildman–Crippen LogP) is -0.289. The molecule has 1 saturated heterocycles. The first-order valence-electron chi connectivity index (χ1n) is 8.73. The zero-order valence-electron chi connectivity index (χ0n) is 15.7. The van der Waals surface area contributed by atoms with Gasteiger partial charge in [-0.1, -0.05) is 6.07 Å². The number of carbonyl (C=O) groups is 4. The van der Waals surface area contributed by atoms with E-state index in [9.17, 15) is 29.1 Å². The van der Waals surface area contributed by atoms with Gasteiger partial charge in [-0.25, -0.2) is 4.79 Å². The van der Waals surface area contributed by atoms with Crippen molar-refractivity contribution in [2.24, 2.45) is 0 Å². The lowest BCUT2D eigenvalue weighted by atomic mass is 10.0. The molecule has 1 unspecified atom stereocenters. The molecule has 29 heavy (non-hydrogen) atoms. The molecule has 0 spiro atoms. The number of esters is 1. The Morgan fingerprint density at radius 3 is 2.69 bits per heavy atom. The number of hydrogen-bond donors (Lipinski definition) is 2. The highest BCUT2D eigenvalue weighted by Gasteiger charge is 2.54. The summed E-state index contributed by atoms with van der Waals surface area (Å²) in [5, 5.41) is 11.5. The quantitative estimate of drug-likeness (QED) is 0.473. The first-order valence-corrected chi connectivity index (χ1v) is 9.78. The fraction of sp³-hybridized carbons (Fsp3) is 0.389. The lowest BCUT2D eigenvalue weighted by molar-refractivity contribution is -0.151.